The van der Waals surface area contributed by atoms with Crippen molar-refractivity contribution < 1.29 is 0 Å². The van der Waals surface area contributed by atoms with Gasteiger partial charge in [0.15, 0.2) is 0 Å². The van der Waals surface area contributed by atoms with E-state index in [0.717, 1.165) is 31.8 Å². The van der Waals surface area contributed by atoms with Crippen LogP contribution in [0.4, 0.5) is 5.95 Å². The van der Waals surface area contributed by atoms with E-state index in [9.17, 15) is 0 Å². The zero-order valence-corrected chi connectivity index (χ0v) is 9.00. The second-order valence-corrected chi connectivity index (χ2v) is 3.94. The van der Waals surface area contributed by atoms with Gasteiger partial charge >= 0.3 is 0 Å². The summed E-state index contributed by atoms with van der Waals surface area (Å²) in [6, 6.07) is 0. The fraction of sp³-hybridized carbons (Fsp3) is 0.636. The van der Waals surface area contributed by atoms with E-state index >= 15 is 0 Å². The first-order valence-electron chi connectivity index (χ1n) is 5.69. The van der Waals surface area contributed by atoms with Gasteiger partial charge in [-0.05, 0) is 44.2 Å². The summed E-state index contributed by atoms with van der Waals surface area (Å²) in [5, 5.41) is 3.19. The van der Waals surface area contributed by atoms with E-state index in [0.29, 0.717) is 6.54 Å². The molecule has 1 aromatic rings. The summed E-state index contributed by atoms with van der Waals surface area (Å²) < 4.78 is 0. The van der Waals surface area contributed by atoms with Crippen LogP contribution in [0.15, 0.2) is 6.20 Å². The topological polar surface area (TPSA) is 63.8 Å². The number of nitrogens with one attached hydrogen (secondary N) is 1. The monoisotopic (exact) mass is 206 g/mol. The molecule has 1 aliphatic carbocycles. The first-order chi connectivity index (χ1) is 7.40. The van der Waals surface area contributed by atoms with Gasteiger partial charge in [-0.25, -0.2) is 9.97 Å². The number of fused-ring (bicyclic) bond motifs is 1. The molecule has 0 amide bonds. The third kappa shape index (κ3) is 2.65. The average molecular weight is 206 g/mol. The van der Waals surface area contributed by atoms with Crippen molar-refractivity contribution in [2.45, 2.75) is 32.1 Å². The van der Waals surface area contributed by atoms with Gasteiger partial charge in [0, 0.05) is 18.4 Å². The van der Waals surface area contributed by atoms with Crippen LogP contribution < -0.4 is 11.1 Å². The molecule has 82 valence electrons. The van der Waals surface area contributed by atoms with Crippen LogP contribution in [0.5, 0.6) is 0 Å². The van der Waals surface area contributed by atoms with Gasteiger partial charge in [0.25, 0.3) is 0 Å². The third-order valence-electron chi connectivity index (χ3n) is 2.73. The lowest BCUT2D eigenvalue weighted by Gasteiger charge is -2.14. The predicted molar refractivity (Wildman–Crippen MR) is 60.8 cm³/mol. The molecule has 0 atom stereocenters. The minimum atomic E-state index is 0.706. The van der Waals surface area contributed by atoms with Crippen LogP contribution in [0.2, 0.25) is 0 Å². The van der Waals surface area contributed by atoms with Gasteiger partial charge in [-0.2, -0.15) is 0 Å². The summed E-state index contributed by atoms with van der Waals surface area (Å²) in [6.45, 7) is 1.56. The molecular formula is C11H18N4. The predicted octanol–water partition coefficient (Wildman–Crippen LogP) is 1.12. The minimum Gasteiger partial charge on any atom is -0.354 e. The highest BCUT2D eigenvalue weighted by molar-refractivity contribution is 5.30. The zero-order chi connectivity index (χ0) is 10.5. The fourth-order valence-electron chi connectivity index (χ4n) is 1.86. The summed E-state index contributed by atoms with van der Waals surface area (Å²) >= 11 is 0. The Balaban J connectivity index is 2.00. The molecule has 0 aliphatic heterocycles. The number of hydrogen-bond acceptors (Lipinski definition) is 4. The first-order valence-corrected chi connectivity index (χ1v) is 5.69. The summed E-state index contributed by atoms with van der Waals surface area (Å²) in [6.07, 6.45) is 7.69. The number of aryl methyl sites for hydroxylation is 2. The van der Waals surface area contributed by atoms with Gasteiger partial charge in [-0.1, -0.05) is 0 Å². The van der Waals surface area contributed by atoms with Gasteiger partial charge in [-0.3, -0.25) is 0 Å². The molecule has 0 aromatic carbocycles. The standard InChI is InChI=1S/C11H18N4/c12-6-3-7-13-11-14-8-9-4-1-2-5-10(9)15-11/h8H,1-7,12H2,(H,13,14,15). The average Bonchev–Trinajstić information content (AvgIpc) is 2.29. The summed E-state index contributed by atoms with van der Waals surface area (Å²) in [5.41, 5.74) is 7.98. The van der Waals surface area contributed by atoms with E-state index < -0.39 is 0 Å². The molecule has 2 rings (SSSR count). The number of nitrogens with two attached hydrogens (primary N) is 1. The number of rotatable bonds is 4. The van der Waals surface area contributed by atoms with Gasteiger partial charge in [0.1, 0.15) is 0 Å². The van der Waals surface area contributed by atoms with Crippen molar-refractivity contribution in [1.82, 2.24) is 9.97 Å². The van der Waals surface area contributed by atoms with Crippen molar-refractivity contribution in [2.75, 3.05) is 18.4 Å². The van der Waals surface area contributed by atoms with Crippen molar-refractivity contribution in [1.29, 1.82) is 0 Å². The Morgan fingerprint density at radius 3 is 3.07 bits per heavy atom. The highest BCUT2D eigenvalue weighted by Gasteiger charge is 2.11. The van der Waals surface area contributed by atoms with E-state index in [1.807, 2.05) is 6.20 Å². The quantitative estimate of drug-likeness (QED) is 0.724. The molecular weight excluding hydrogens is 188 g/mol. The molecule has 0 unspecified atom stereocenters. The van der Waals surface area contributed by atoms with Gasteiger partial charge in [0.05, 0.1) is 0 Å². The highest BCUT2D eigenvalue weighted by Crippen LogP contribution is 2.19. The van der Waals surface area contributed by atoms with Crippen molar-refractivity contribution in [2.24, 2.45) is 5.73 Å². The first kappa shape index (κ1) is 10.4. The lowest BCUT2D eigenvalue weighted by Crippen LogP contribution is -2.13. The Morgan fingerprint density at radius 2 is 2.20 bits per heavy atom. The van der Waals surface area contributed by atoms with Crippen LogP contribution in [-0.2, 0) is 12.8 Å². The van der Waals surface area contributed by atoms with E-state index in [1.54, 1.807) is 0 Å². The van der Waals surface area contributed by atoms with Crippen molar-refractivity contribution in [3.05, 3.63) is 17.5 Å². The maximum absolute atomic E-state index is 5.42. The molecule has 0 saturated heterocycles. The molecule has 1 heterocycles. The van der Waals surface area contributed by atoms with Gasteiger partial charge in [-0.15, -0.1) is 0 Å². The van der Waals surface area contributed by atoms with Crippen LogP contribution in [-0.4, -0.2) is 23.1 Å². The largest absolute Gasteiger partial charge is 0.354 e. The molecule has 0 spiro atoms. The summed E-state index contributed by atoms with van der Waals surface area (Å²) in [7, 11) is 0. The third-order valence-corrected chi connectivity index (χ3v) is 2.73. The second kappa shape index (κ2) is 5.07. The van der Waals surface area contributed by atoms with E-state index in [-0.39, 0.29) is 0 Å². The lowest BCUT2D eigenvalue weighted by molar-refractivity contribution is 0.662. The molecule has 0 radical (unpaired) electrons. The lowest BCUT2D eigenvalue weighted by atomic mass is 9.98. The normalized spacial score (nSPS) is 14.7. The number of aromatic nitrogens is 2. The van der Waals surface area contributed by atoms with Crippen LogP contribution in [0.25, 0.3) is 0 Å². The molecule has 3 N–H and O–H groups in total. The Labute approximate surface area is 90.3 Å². The Kier molecular flexibility index (Phi) is 3.50. The van der Waals surface area contributed by atoms with Crippen LogP contribution in [0, 0.1) is 0 Å². The maximum atomic E-state index is 5.42. The molecule has 1 aromatic heterocycles. The molecule has 0 fully saturated rings. The molecule has 15 heavy (non-hydrogen) atoms. The molecule has 0 bridgehead atoms. The SMILES string of the molecule is NCCCNc1ncc2c(n1)CCCC2. The highest BCUT2D eigenvalue weighted by atomic mass is 15.1. The zero-order valence-electron chi connectivity index (χ0n) is 9.00. The molecule has 1 aliphatic rings. The fourth-order valence-corrected chi connectivity index (χ4v) is 1.86. The summed E-state index contributed by atoms with van der Waals surface area (Å²) in [4.78, 5) is 8.82. The van der Waals surface area contributed by atoms with Crippen LogP contribution >= 0.6 is 0 Å². The smallest absolute Gasteiger partial charge is 0.222 e. The number of nitrogens with zero attached hydrogens (tertiary/aromatic N) is 2. The number of hydrogen-bond donors (Lipinski definition) is 2. The van der Waals surface area contributed by atoms with Crippen molar-refractivity contribution in [3.8, 4) is 0 Å². The number of anilines is 1. The van der Waals surface area contributed by atoms with Gasteiger partial charge in [0.2, 0.25) is 5.95 Å². The molecule has 4 heteroatoms. The Morgan fingerprint density at radius 1 is 1.33 bits per heavy atom. The Hall–Kier alpha value is -1.16. The van der Waals surface area contributed by atoms with E-state index in [4.69, 9.17) is 5.73 Å². The van der Waals surface area contributed by atoms with E-state index in [1.165, 1.54) is 24.1 Å². The Bertz CT molecular complexity index is 324. The second-order valence-electron chi connectivity index (χ2n) is 3.94. The van der Waals surface area contributed by atoms with Crippen molar-refractivity contribution in [3.63, 3.8) is 0 Å². The van der Waals surface area contributed by atoms with E-state index in [2.05, 4.69) is 15.3 Å². The van der Waals surface area contributed by atoms with Crippen molar-refractivity contribution >= 4 is 5.95 Å². The maximum Gasteiger partial charge on any atom is 0.222 e. The molecule has 4 nitrogen and oxygen atoms in total. The van der Waals surface area contributed by atoms with Crippen LogP contribution in [0.1, 0.15) is 30.5 Å². The molecule has 0 saturated carbocycles. The van der Waals surface area contributed by atoms with Crippen LogP contribution in [0.3, 0.4) is 0 Å². The summed E-state index contributed by atoms with van der Waals surface area (Å²) in [5.74, 6) is 0.754. The van der Waals surface area contributed by atoms with Gasteiger partial charge < -0.3 is 11.1 Å². The minimum absolute atomic E-state index is 0.706.